The fourth-order valence-corrected chi connectivity index (χ4v) is 5.33. The molecule has 1 fully saturated rings. The van der Waals surface area contributed by atoms with Crippen LogP contribution in [-0.4, -0.2) is 41.4 Å². The molecule has 2 unspecified atom stereocenters. The molecule has 0 spiro atoms. The molecule has 0 aliphatic carbocycles. The molecule has 1 saturated heterocycles. The molecule has 1 aromatic carbocycles. The summed E-state index contributed by atoms with van der Waals surface area (Å²) >= 11 is 0. The fourth-order valence-electron chi connectivity index (χ4n) is 3.43. The van der Waals surface area contributed by atoms with Crippen LogP contribution in [0, 0.1) is 12.8 Å². The molecular weight excluding hydrogens is 328 g/mol. The van der Waals surface area contributed by atoms with E-state index in [0.29, 0.717) is 23.7 Å². The van der Waals surface area contributed by atoms with E-state index >= 15 is 0 Å². The van der Waals surface area contributed by atoms with Gasteiger partial charge in [0.25, 0.3) is 0 Å². The summed E-state index contributed by atoms with van der Waals surface area (Å²) in [7, 11) is -3.92. The van der Waals surface area contributed by atoms with Gasteiger partial charge in [-0.2, -0.15) is 4.31 Å². The SMILES string of the molecule is Cc1ccc(S(=O)(=O)N2CCCC(C)C2C(=O)O)c2cccnc12. The van der Waals surface area contributed by atoms with Crippen molar-refractivity contribution in [2.75, 3.05) is 6.54 Å². The lowest BCUT2D eigenvalue weighted by Gasteiger charge is -2.36. The highest BCUT2D eigenvalue weighted by molar-refractivity contribution is 7.89. The van der Waals surface area contributed by atoms with Gasteiger partial charge in [0.2, 0.25) is 10.0 Å². The highest BCUT2D eigenvalue weighted by Gasteiger charge is 2.42. The largest absolute Gasteiger partial charge is 0.480 e. The third kappa shape index (κ3) is 2.67. The van der Waals surface area contributed by atoms with Crippen molar-refractivity contribution in [3.63, 3.8) is 0 Å². The lowest BCUT2D eigenvalue weighted by molar-refractivity contribution is -0.144. The van der Waals surface area contributed by atoms with Crippen LogP contribution in [0.2, 0.25) is 0 Å². The molecule has 1 aliphatic rings. The highest BCUT2D eigenvalue weighted by atomic mass is 32.2. The average molecular weight is 348 g/mol. The monoisotopic (exact) mass is 348 g/mol. The van der Waals surface area contributed by atoms with E-state index in [4.69, 9.17) is 0 Å². The number of carbonyl (C=O) groups is 1. The first-order valence-corrected chi connectivity index (χ1v) is 9.37. The van der Waals surface area contributed by atoms with E-state index in [0.717, 1.165) is 9.87 Å². The molecule has 2 atom stereocenters. The number of aromatic nitrogens is 1. The van der Waals surface area contributed by atoms with Crippen molar-refractivity contribution in [1.29, 1.82) is 0 Å². The van der Waals surface area contributed by atoms with Crippen LogP contribution in [0.1, 0.15) is 25.3 Å². The van der Waals surface area contributed by atoms with Crippen molar-refractivity contribution in [2.45, 2.75) is 37.6 Å². The van der Waals surface area contributed by atoms with Crippen LogP contribution in [0.5, 0.6) is 0 Å². The Bertz CT molecular complexity index is 895. The number of fused-ring (bicyclic) bond motifs is 1. The second-order valence-electron chi connectivity index (χ2n) is 6.30. The standard InChI is InChI=1S/C17H20N2O4S/c1-11-7-8-14(13-6-3-9-18-15(11)13)24(22,23)19-10-4-5-12(2)16(19)17(20)21/h3,6-9,12,16H,4-5,10H2,1-2H3,(H,20,21). The zero-order chi connectivity index (χ0) is 17.5. The predicted octanol–water partition coefficient (Wildman–Crippen LogP) is 2.42. The minimum absolute atomic E-state index is 0.122. The number of carboxylic acid groups (broad SMARTS) is 1. The zero-order valence-electron chi connectivity index (χ0n) is 13.6. The summed E-state index contributed by atoms with van der Waals surface area (Å²) in [5, 5.41) is 10.1. The Kier molecular flexibility index (Phi) is 4.31. The van der Waals surface area contributed by atoms with Crippen LogP contribution in [0.25, 0.3) is 10.9 Å². The molecule has 0 radical (unpaired) electrons. The van der Waals surface area contributed by atoms with Crippen LogP contribution < -0.4 is 0 Å². The van der Waals surface area contributed by atoms with Crippen molar-refractivity contribution < 1.29 is 18.3 Å². The first-order valence-electron chi connectivity index (χ1n) is 7.93. The maximum atomic E-state index is 13.2. The van der Waals surface area contributed by atoms with Gasteiger partial charge in [0, 0.05) is 18.1 Å². The van der Waals surface area contributed by atoms with Crippen molar-refractivity contribution >= 4 is 26.9 Å². The topological polar surface area (TPSA) is 87.6 Å². The van der Waals surface area contributed by atoms with Crippen LogP contribution in [-0.2, 0) is 14.8 Å². The summed E-state index contributed by atoms with van der Waals surface area (Å²) in [5.74, 6) is -1.32. The molecule has 128 valence electrons. The molecule has 24 heavy (non-hydrogen) atoms. The number of pyridine rings is 1. The molecule has 0 bridgehead atoms. The van der Waals surface area contributed by atoms with Crippen molar-refractivity contribution in [2.24, 2.45) is 5.92 Å². The van der Waals surface area contributed by atoms with E-state index in [2.05, 4.69) is 4.98 Å². The summed E-state index contributed by atoms with van der Waals surface area (Å²) in [6.07, 6.45) is 2.99. The molecule has 2 aromatic rings. The Hall–Kier alpha value is -1.99. The maximum absolute atomic E-state index is 13.2. The number of benzene rings is 1. The molecule has 1 aromatic heterocycles. The maximum Gasteiger partial charge on any atom is 0.322 e. The van der Waals surface area contributed by atoms with E-state index in [-0.39, 0.29) is 17.4 Å². The van der Waals surface area contributed by atoms with Gasteiger partial charge in [0.15, 0.2) is 0 Å². The van der Waals surface area contributed by atoms with Gasteiger partial charge >= 0.3 is 5.97 Å². The molecule has 0 amide bonds. The molecular formula is C17H20N2O4S. The quantitative estimate of drug-likeness (QED) is 0.920. The van der Waals surface area contributed by atoms with Gasteiger partial charge in [-0.3, -0.25) is 9.78 Å². The second-order valence-corrected chi connectivity index (χ2v) is 8.16. The van der Waals surface area contributed by atoms with Gasteiger partial charge < -0.3 is 5.11 Å². The number of sulfonamides is 1. The Morgan fingerprint density at radius 2 is 2.08 bits per heavy atom. The molecule has 1 aliphatic heterocycles. The summed E-state index contributed by atoms with van der Waals surface area (Å²) in [6.45, 7) is 3.88. The summed E-state index contributed by atoms with van der Waals surface area (Å²) in [5.41, 5.74) is 1.50. The number of rotatable bonds is 3. The van der Waals surface area contributed by atoms with Gasteiger partial charge in [-0.05, 0) is 49.4 Å². The highest BCUT2D eigenvalue weighted by Crippen LogP contribution is 2.32. The molecule has 6 nitrogen and oxygen atoms in total. The number of aryl methyl sites for hydroxylation is 1. The summed E-state index contributed by atoms with van der Waals surface area (Å²) in [6, 6.07) is 5.63. The minimum atomic E-state index is -3.92. The molecule has 7 heteroatoms. The number of hydrogen-bond acceptors (Lipinski definition) is 4. The van der Waals surface area contributed by atoms with Crippen LogP contribution >= 0.6 is 0 Å². The Labute approximate surface area is 141 Å². The fraction of sp³-hybridized carbons (Fsp3) is 0.412. The lowest BCUT2D eigenvalue weighted by atomic mass is 9.93. The first kappa shape index (κ1) is 16.9. The molecule has 2 heterocycles. The van der Waals surface area contributed by atoms with Crippen LogP contribution in [0.4, 0.5) is 0 Å². The van der Waals surface area contributed by atoms with E-state index < -0.39 is 22.0 Å². The number of carboxylic acids is 1. The van der Waals surface area contributed by atoms with Gasteiger partial charge in [-0.15, -0.1) is 0 Å². The Morgan fingerprint density at radius 3 is 2.79 bits per heavy atom. The van der Waals surface area contributed by atoms with Crippen LogP contribution in [0.3, 0.4) is 0 Å². The smallest absolute Gasteiger partial charge is 0.322 e. The van der Waals surface area contributed by atoms with Gasteiger partial charge in [-0.25, -0.2) is 8.42 Å². The zero-order valence-corrected chi connectivity index (χ0v) is 14.5. The van der Waals surface area contributed by atoms with Crippen molar-refractivity contribution in [3.8, 4) is 0 Å². The lowest BCUT2D eigenvalue weighted by Crippen LogP contribution is -2.51. The number of hydrogen-bond donors (Lipinski definition) is 1. The Morgan fingerprint density at radius 1 is 1.33 bits per heavy atom. The molecule has 1 N–H and O–H groups in total. The summed E-state index contributed by atoms with van der Waals surface area (Å²) in [4.78, 5) is 16.0. The number of aliphatic carboxylic acids is 1. The van der Waals surface area contributed by atoms with Crippen LogP contribution in [0.15, 0.2) is 35.4 Å². The van der Waals surface area contributed by atoms with E-state index in [9.17, 15) is 18.3 Å². The predicted molar refractivity (Wildman–Crippen MR) is 90.2 cm³/mol. The van der Waals surface area contributed by atoms with Gasteiger partial charge in [0.1, 0.15) is 6.04 Å². The first-order chi connectivity index (χ1) is 11.3. The second kappa shape index (κ2) is 6.14. The van der Waals surface area contributed by atoms with E-state index in [1.165, 1.54) is 0 Å². The average Bonchev–Trinajstić information content (AvgIpc) is 2.54. The third-order valence-corrected chi connectivity index (χ3v) is 6.60. The normalized spacial score (nSPS) is 22.6. The van der Waals surface area contributed by atoms with E-state index in [1.807, 2.05) is 6.92 Å². The number of piperidine rings is 1. The third-order valence-electron chi connectivity index (χ3n) is 4.66. The van der Waals surface area contributed by atoms with E-state index in [1.54, 1.807) is 37.4 Å². The minimum Gasteiger partial charge on any atom is -0.480 e. The van der Waals surface area contributed by atoms with Gasteiger partial charge in [-0.1, -0.05) is 13.0 Å². The van der Waals surface area contributed by atoms with Crippen molar-refractivity contribution in [1.82, 2.24) is 9.29 Å². The summed E-state index contributed by atoms with van der Waals surface area (Å²) < 4.78 is 27.6. The van der Waals surface area contributed by atoms with Crippen molar-refractivity contribution in [3.05, 3.63) is 36.0 Å². The molecule has 0 saturated carbocycles. The van der Waals surface area contributed by atoms with Gasteiger partial charge in [0.05, 0.1) is 10.4 Å². The number of nitrogens with zero attached hydrogens (tertiary/aromatic N) is 2. The Balaban J connectivity index is 2.18. The molecule has 3 rings (SSSR count).